The standard InChI is InChI=1S/C23H20ClN3O3S2/c1-3-29-19-12-16(6-9-18(19)30-14-15-4-7-17(24)8-5-15)13-20-21(28)27(2)23(32-20)26-22-25-10-11-31-22/h4-13H,3,14H2,1-2H3/b20-13-,26-23+. The fraction of sp³-hybridized carbons (Fsp3) is 0.174. The number of aromatic nitrogens is 1. The quantitative estimate of drug-likeness (QED) is 0.383. The van der Waals surface area contributed by atoms with Crippen LogP contribution < -0.4 is 9.47 Å². The molecule has 0 saturated carbocycles. The van der Waals surface area contributed by atoms with Crippen LogP contribution in [0.15, 0.2) is 63.9 Å². The minimum atomic E-state index is -0.105. The molecule has 0 radical (unpaired) electrons. The Labute approximate surface area is 199 Å². The minimum Gasteiger partial charge on any atom is -0.490 e. The Balaban J connectivity index is 1.53. The monoisotopic (exact) mass is 485 g/mol. The number of amides is 1. The Morgan fingerprint density at radius 1 is 1.16 bits per heavy atom. The SMILES string of the molecule is CCOc1cc(/C=C2\S/C(=N/c3nccs3)N(C)C2=O)ccc1OCc1ccc(Cl)cc1. The lowest BCUT2D eigenvalue weighted by Crippen LogP contribution is -2.23. The first-order valence-electron chi connectivity index (χ1n) is 9.83. The minimum absolute atomic E-state index is 0.105. The maximum Gasteiger partial charge on any atom is 0.266 e. The number of thioether (sulfide) groups is 1. The number of ether oxygens (including phenoxy) is 2. The van der Waals surface area contributed by atoms with Gasteiger partial charge in [-0.25, -0.2) is 4.98 Å². The van der Waals surface area contributed by atoms with E-state index in [1.807, 2.05) is 60.8 Å². The first-order valence-corrected chi connectivity index (χ1v) is 11.9. The van der Waals surface area contributed by atoms with Crippen molar-refractivity contribution in [2.24, 2.45) is 4.99 Å². The van der Waals surface area contributed by atoms with Crippen LogP contribution in [0.1, 0.15) is 18.1 Å². The van der Waals surface area contributed by atoms with E-state index in [1.54, 1.807) is 13.2 Å². The fourth-order valence-electron chi connectivity index (χ4n) is 2.90. The summed E-state index contributed by atoms with van der Waals surface area (Å²) >= 11 is 8.69. The summed E-state index contributed by atoms with van der Waals surface area (Å²) in [5.41, 5.74) is 1.85. The maximum atomic E-state index is 12.7. The number of carbonyl (C=O) groups excluding carboxylic acids is 1. The summed E-state index contributed by atoms with van der Waals surface area (Å²) < 4.78 is 11.7. The molecule has 9 heteroatoms. The van der Waals surface area contributed by atoms with Crippen molar-refractivity contribution in [1.82, 2.24) is 9.88 Å². The third-order valence-corrected chi connectivity index (χ3v) is 6.46. The number of halogens is 1. The molecule has 1 saturated heterocycles. The summed E-state index contributed by atoms with van der Waals surface area (Å²) in [6.45, 7) is 2.81. The first kappa shape index (κ1) is 22.4. The molecular weight excluding hydrogens is 466 g/mol. The van der Waals surface area contributed by atoms with Gasteiger partial charge in [0.1, 0.15) is 6.61 Å². The predicted molar refractivity (Wildman–Crippen MR) is 131 cm³/mol. The molecule has 3 aromatic rings. The molecule has 0 N–H and O–H groups in total. The van der Waals surface area contributed by atoms with Crippen LogP contribution in [0.5, 0.6) is 11.5 Å². The van der Waals surface area contributed by atoms with Crippen molar-refractivity contribution < 1.29 is 14.3 Å². The molecule has 4 rings (SSSR count). The van der Waals surface area contributed by atoms with Gasteiger partial charge in [-0.05, 0) is 60.2 Å². The van der Waals surface area contributed by atoms with E-state index in [2.05, 4.69) is 9.98 Å². The average molecular weight is 486 g/mol. The van der Waals surface area contributed by atoms with Crippen molar-refractivity contribution in [2.45, 2.75) is 13.5 Å². The molecule has 164 valence electrons. The number of likely N-dealkylation sites (N-methyl/N-ethyl adjacent to an activating group) is 1. The van der Waals surface area contributed by atoms with Crippen molar-refractivity contribution in [2.75, 3.05) is 13.7 Å². The highest BCUT2D eigenvalue weighted by atomic mass is 35.5. The zero-order valence-electron chi connectivity index (χ0n) is 17.4. The van der Waals surface area contributed by atoms with Gasteiger partial charge in [-0.15, -0.1) is 11.3 Å². The van der Waals surface area contributed by atoms with E-state index in [0.29, 0.717) is 44.9 Å². The van der Waals surface area contributed by atoms with Crippen molar-refractivity contribution in [3.63, 3.8) is 0 Å². The van der Waals surface area contributed by atoms with E-state index >= 15 is 0 Å². The first-order chi connectivity index (χ1) is 15.5. The van der Waals surface area contributed by atoms with Crippen molar-refractivity contribution in [1.29, 1.82) is 0 Å². The smallest absolute Gasteiger partial charge is 0.266 e. The number of hydrogen-bond acceptors (Lipinski definition) is 7. The number of rotatable bonds is 7. The number of thiazole rings is 1. The van der Waals surface area contributed by atoms with Gasteiger partial charge in [0.05, 0.1) is 11.5 Å². The Morgan fingerprint density at radius 3 is 2.69 bits per heavy atom. The largest absolute Gasteiger partial charge is 0.490 e. The van der Waals surface area contributed by atoms with Gasteiger partial charge in [-0.3, -0.25) is 9.69 Å². The van der Waals surface area contributed by atoms with Crippen molar-refractivity contribution in [3.8, 4) is 11.5 Å². The number of benzene rings is 2. The molecule has 2 heterocycles. The topological polar surface area (TPSA) is 64.0 Å². The molecule has 1 fully saturated rings. The number of amidine groups is 1. The lowest BCUT2D eigenvalue weighted by Gasteiger charge is -2.13. The van der Waals surface area contributed by atoms with Crippen LogP contribution in [-0.4, -0.2) is 34.6 Å². The number of nitrogens with zero attached hydrogens (tertiary/aromatic N) is 3. The van der Waals surface area contributed by atoms with Crippen LogP contribution in [0, 0.1) is 0 Å². The van der Waals surface area contributed by atoms with Crippen LogP contribution in [-0.2, 0) is 11.4 Å². The zero-order chi connectivity index (χ0) is 22.5. The highest BCUT2D eigenvalue weighted by Crippen LogP contribution is 2.35. The van der Waals surface area contributed by atoms with E-state index in [-0.39, 0.29) is 5.91 Å². The number of aliphatic imine (C=N–C) groups is 1. The third kappa shape index (κ3) is 5.32. The second-order valence-corrected chi connectivity index (χ2v) is 9.06. The van der Waals surface area contributed by atoms with E-state index in [9.17, 15) is 4.79 Å². The second kappa shape index (κ2) is 10.2. The summed E-state index contributed by atoms with van der Waals surface area (Å²) in [7, 11) is 1.71. The predicted octanol–water partition coefficient (Wildman–Crippen LogP) is 6.01. The highest BCUT2D eigenvalue weighted by Gasteiger charge is 2.30. The Hall–Kier alpha value is -2.81. The molecule has 0 unspecified atom stereocenters. The summed E-state index contributed by atoms with van der Waals surface area (Å²) in [5, 5.41) is 3.76. The highest BCUT2D eigenvalue weighted by molar-refractivity contribution is 8.18. The van der Waals surface area contributed by atoms with Crippen LogP contribution in [0.3, 0.4) is 0 Å². The fourth-order valence-corrected chi connectivity index (χ4v) is 4.56. The van der Waals surface area contributed by atoms with Gasteiger partial charge in [0.15, 0.2) is 16.7 Å². The molecule has 0 bridgehead atoms. The van der Waals surface area contributed by atoms with Crippen LogP contribution in [0.2, 0.25) is 5.02 Å². The molecule has 0 atom stereocenters. The van der Waals surface area contributed by atoms with E-state index in [4.69, 9.17) is 21.1 Å². The Morgan fingerprint density at radius 2 is 1.97 bits per heavy atom. The molecular formula is C23H20ClN3O3S2. The molecule has 0 aliphatic carbocycles. The van der Waals surface area contributed by atoms with Crippen LogP contribution >= 0.6 is 34.7 Å². The lowest BCUT2D eigenvalue weighted by atomic mass is 10.1. The zero-order valence-corrected chi connectivity index (χ0v) is 19.8. The van der Waals surface area contributed by atoms with Crippen LogP contribution in [0.4, 0.5) is 5.13 Å². The summed E-state index contributed by atoms with van der Waals surface area (Å²) in [6, 6.07) is 13.1. The molecule has 1 aliphatic rings. The maximum absolute atomic E-state index is 12.7. The van der Waals surface area contributed by atoms with Gasteiger partial charge < -0.3 is 9.47 Å². The van der Waals surface area contributed by atoms with E-state index in [0.717, 1.165) is 11.1 Å². The Kier molecular flexibility index (Phi) is 7.14. The van der Waals surface area contributed by atoms with Gasteiger partial charge in [-0.1, -0.05) is 29.8 Å². The summed E-state index contributed by atoms with van der Waals surface area (Å²) in [6.07, 6.45) is 3.52. The Bertz CT molecular complexity index is 1160. The van der Waals surface area contributed by atoms with Gasteiger partial charge in [-0.2, -0.15) is 4.99 Å². The van der Waals surface area contributed by atoms with Gasteiger partial charge in [0, 0.05) is 23.6 Å². The molecule has 1 aromatic heterocycles. The molecule has 1 aliphatic heterocycles. The summed E-state index contributed by atoms with van der Waals surface area (Å²) in [4.78, 5) is 23.4. The third-order valence-electron chi connectivity index (χ3n) is 4.49. The molecule has 1 amide bonds. The van der Waals surface area contributed by atoms with Gasteiger partial charge in [0.2, 0.25) is 5.13 Å². The van der Waals surface area contributed by atoms with Crippen molar-refractivity contribution in [3.05, 3.63) is 75.1 Å². The van der Waals surface area contributed by atoms with Crippen LogP contribution in [0.25, 0.3) is 6.08 Å². The van der Waals surface area contributed by atoms with E-state index < -0.39 is 0 Å². The van der Waals surface area contributed by atoms with Gasteiger partial charge >= 0.3 is 0 Å². The average Bonchev–Trinajstić information content (AvgIpc) is 3.39. The van der Waals surface area contributed by atoms with E-state index in [1.165, 1.54) is 28.0 Å². The molecule has 6 nitrogen and oxygen atoms in total. The summed E-state index contributed by atoms with van der Waals surface area (Å²) in [5.74, 6) is 1.15. The number of carbonyl (C=O) groups is 1. The second-order valence-electron chi connectivity index (χ2n) is 6.74. The number of hydrogen-bond donors (Lipinski definition) is 0. The van der Waals surface area contributed by atoms with Crippen molar-refractivity contribution >= 4 is 57.0 Å². The molecule has 32 heavy (non-hydrogen) atoms. The molecule has 2 aromatic carbocycles. The normalized spacial score (nSPS) is 16.2. The lowest BCUT2D eigenvalue weighted by molar-refractivity contribution is -0.121. The molecule has 0 spiro atoms. The van der Waals surface area contributed by atoms with Gasteiger partial charge in [0.25, 0.3) is 5.91 Å².